The highest BCUT2D eigenvalue weighted by molar-refractivity contribution is 5.66. The lowest BCUT2D eigenvalue weighted by atomic mass is 9.97. The number of ether oxygens (including phenoxy) is 1. The second-order valence-electron chi connectivity index (χ2n) is 6.06. The lowest BCUT2D eigenvalue weighted by Gasteiger charge is -2.20. The monoisotopic (exact) mass is 291 g/mol. The van der Waals surface area contributed by atoms with E-state index in [0.717, 1.165) is 17.7 Å². The molecule has 0 aliphatic carbocycles. The zero-order chi connectivity index (χ0) is 15.5. The van der Waals surface area contributed by atoms with E-state index in [1.807, 2.05) is 32.0 Å². The van der Waals surface area contributed by atoms with E-state index in [1.54, 1.807) is 0 Å². The van der Waals surface area contributed by atoms with Gasteiger partial charge in [0.05, 0.1) is 0 Å². The predicted octanol–water partition coefficient (Wildman–Crippen LogP) is 1.92. The summed E-state index contributed by atoms with van der Waals surface area (Å²) >= 11 is 0. The van der Waals surface area contributed by atoms with Crippen LogP contribution in [0.25, 0.3) is 0 Å². The fourth-order valence-electron chi connectivity index (χ4n) is 2.74. The topological polar surface area (TPSA) is 75.6 Å². The van der Waals surface area contributed by atoms with Crippen LogP contribution in [0.4, 0.5) is 0 Å². The van der Waals surface area contributed by atoms with Gasteiger partial charge in [0.1, 0.15) is 11.4 Å². The SMILES string of the molecule is CC1(C)Cc2cccc(CC(CCC(=O)O)NC=O)c2O1. The molecule has 1 aromatic carbocycles. The molecule has 1 aliphatic rings. The lowest BCUT2D eigenvalue weighted by Crippen LogP contribution is -2.31. The maximum Gasteiger partial charge on any atom is 0.303 e. The van der Waals surface area contributed by atoms with Gasteiger partial charge in [-0.3, -0.25) is 9.59 Å². The first kappa shape index (κ1) is 15.4. The van der Waals surface area contributed by atoms with Gasteiger partial charge in [-0.15, -0.1) is 0 Å². The molecule has 5 nitrogen and oxygen atoms in total. The molecule has 2 N–H and O–H groups in total. The summed E-state index contributed by atoms with van der Waals surface area (Å²) in [6.45, 7) is 4.09. The summed E-state index contributed by atoms with van der Waals surface area (Å²) in [7, 11) is 0. The number of hydrogen-bond donors (Lipinski definition) is 2. The number of para-hydroxylation sites is 1. The molecule has 1 amide bonds. The van der Waals surface area contributed by atoms with Gasteiger partial charge >= 0.3 is 5.97 Å². The molecule has 0 fully saturated rings. The molecule has 0 aromatic heterocycles. The van der Waals surface area contributed by atoms with Gasteiger partial charge in [-0.25, -0.2) is 0 Å². The van der Waals surface area contributed by atoms with Crippen molar-refractivity contribution >= 4 is 12.4 Å². The van der Waals surface area contributed by atoms with E-state index in [1.165, 1.54) is 5.56 Å². The van der Waals surface area contributed by atoms with Crippen LogP contribution in [0, 0.1) is 0 Å². The highest BCUT2D eigenvalue weighted by Crippen LogP contribution is 2.38. The van der Waals surface area contributed by atoms with E-state index < -0.39 is 5.97 Å². The van der Waals surface area contributed by atoms with E-state index in [0.29, 0.717) is 19.3 Å². The molecule has 1 heterocycles. The summed E-state index contributed by atoms with van der Waals surface area (Å²) < 4.78 is 6.00. The molecule has 0 saturated carbocycles. The Morgan fingerprint density at radius 3 is 2.95 bits per heavy atom. The van der Waals surface area contributed by atoms with Crippen molar-refractivity contribution in [3.8, 4) is 5.75 Å². The summed E-state index contributed by atoms with van der Waals surface area (Å²) in [5.41, 5.74) is 1.97. The highest BCUT2D eigenvalue weighted by Gasteiger charge is 2.31. The van der Waals surface area contributed by atoms with E-state index in [-0.39, 0.29) is 18.1 Å². The Balaban J connectivity index is 2.13. The number of nitrogens with one attached hydrogen (secondary N) is 1. The zero-order valence-corrected chi connectivity index (χ0v) is 12.4. The minimum atomic E-state index is -0.858. The molecule has 5 heteroatoms. The molecule has 1 aromatic rings. The number of rotatable bonds is 7. The van der Waals surface area contributed by atoms with Crippen LogP contribution >= 0.6 is 0 Å². The molecule has 114 valence electrons. The molecule has 0 radical (unpaired) electrons. The lowest BCUT2D eigenvalue weighted by molar-refractivity contribution is -0.137. The maximum absolute atomic E-state index is 10.7. The summed E-state index contributed by atoms with van der Waals surface area (Å²) in [5, 5.41) is 11.5. The van der Waals surface area contributed by atoms with Crippen LogP contribution in [0.5, 0.6) is 5.75 Å². The van der Waals surface area contributed by atoms with Crippen molar-refractivity contribution in [1.82, 2.24) is 5.32 Å². The van der Waals surface area contributed by atoms with E-state index in [2.05, 4.69) is 5.32 Å². The fourth-order valence-corrected chi connectivity index (χ4v) is 2.74. The van der Waals surface area contributed by atoms with Crippen molar-refractivity contribution in [1.29, 1.82) is 0 Å². The van der Waals surface area contributed by atoms with Gasteiger partial charge < -0.3 is 15.2 Å². The molecule has 1 unspecified atom stereocenters. The normalized spacial score (nSPS) is 16.7. The number of carboxylic acids is 1. The Bertz CT molecular complexity index is 539. The van der Waals surface area contributed by atoms with Gasteiger partial charge in [-0.2, -0.15) is 0 Å². The number of carbonyl (C=O) groups is 2. The molecule has 0 saturated heterocycles. The highest BCUT2D eigenvalue weighted by atomic mass is 16.5. The third kappa shape index (κ3) is 3.97. The second-order valence-corrected chi connectivity index (χ2v) is 6.06. The van der Waals surface area contributed by atoms with E-state index in [4.69, 9.17) is 9.84 Å². The summed E-state index contributed by atoms with van der Waals surface area (Å²) in [6.07, 6.45) is 2.50. The van der Waals surface area contributed by atoms with Crippen molar-refractivity contribution in [3.05, 3.63) is 29.3 Å². The number of hydrogen-bond acceptors (Lipinski definition) is 3. The number of aliphatic carboxylic acids is 1. The second kappa shape index (κ2) is 6.16. The quantitative estimate of drug-likeness (QED) is 0.753. The number of carbonyl (C=O) groups excluding carboxylic acids is 1. The molecule has 21 heavy (non-hydrogen) atoms. The van der Waals surface area contributed by atoms with Crippen molar-refractivity contribution in [2.75, 3.05) is 0 Å². The van der Waals surface area contributed by atoms with Crippen LogP contribution in [0.3, 0.4) is 0 Å². The Hall–Kier alpha value is -2.04. The van der Waals surface area contributed by atoms with Gasteiger partial charge in [-0.05, 0) is 37.8 Å². The van der Waals surface area contributed by atoms with Crippen LogP contribution in [0.1, 0.15) is 37.8 Å². The number of amides is 1. The fraction of sp³-hybridized carbons (Fsp3) is 0.500. The first-order chi connectivity index (χ1) is 9.91. The summed E-state index contributed by atoms with van der Waals surface area (Å²) in [4.78, 5) is 21.4. The van der Waals surface area contributed by atoms with Crippen molar-refractivity contribution in [2.45, 2.75) is 51.2 Å². The molecule has 1 atom stereocenters. The summed E-state index contributed by atoms with van der Waals surface area (Å²) in [6, 6.07) is 5.80. The Morgan fingerprint density at radius 2 is 2.29 bits per heavy atom. The minimum absolute atomic E-state index is 0.0346. The van der Waals surface area contributed by atoms with Gasteiger partial charge in [0.2, 0.25) is 6.41 Å². The smallest absolute Gasteiger partial charge is 0.303 e. The average Bonchev–Trinajstić information content (AvgIpc) is 2.71. The van der Waals surface area contributed by atoms with Crippen LogP contribution < -0.4 is 10.1 Å². The number of benzene rings is 1. The average molecular weight is 291 g/mol. The third-order valence-electron chi connectivity index (χ3n) is 3.65. The Morgan fingerprint density at radius 1 is 1.52 bits per heavy atom. The number of carboxylic acid groups (broad SMARTS) is 1. The standard InChI is InChI=1S/C16H21NO4/c1-16(2)9-12-5-3-4-11(15(12)21-16)8-13(17-10-18)6-7-14(19)20/h3-5,10,13H,6-9H2,1-2H3,(H,17,18)(H,19,20). The van der Waals surface area contributed by atoms with Gasteiger partial charge in [0.25, 0.3) is 0 Å². The van der Waals surface area contributed by atoms with E-state index >= 15 is 0 Å². The molecule has 0 spiro atoms. The van der Waals surface area contributed by atoms with Gasteiger partial charge in [0, 0.05) is 18.9 Å². The van der Waals surface area contributed by atoms with Gasteiger partial charge in [0.15, 0.2) is 0 Å². The third-order valence-corrected chi connectivity index (χ3v) is 3.65. The molecular formula is C16H21NO4. The Labute approximate surface area is 124 Å². The summed E-state index contributed by atoms with van der Waals surface area (Å²) in [5.74, 6) is 0.0268. The van der Waals surface area contributed by atoms with Crippen molar-refractivity contribution in [2.24, 2.45) is 0 Å². The zero-order valence-electron chi connectivity index (χ0n) is 12.4. The van der Waals surface area contributed by atoms with Crippen LogP contribution in [0.2, 0.25) is 0 Å². The molecule has 2 rings (SSSR count). The van der Waals surface area contributed by atoms with Crippen molar-refractivity contribution < 1.29 is 19.4 Å². The van der Waals surface area contributed by atoms with Gasteiger partial charge in [-0.1, -0.05) is 18.2 Å². The molecule has 0 bridgehead atoms. The van der Waals surface area contributed by atoms with Crippen LogP contribution in [-0.4, -0.2) is 29.1 Å². The number of fused-ring (bicyclic) bond motifs is 1. The van der Waals surface area contributed by atoms with E-state index in [9.17, 15) is 9.59 Å². The minimum Gasteiger partial charge on any atom is -0.487 e. The van der Waals surface area contributed by atoms with Crippen LogP contribution in [0.15, 0.2) is 18.2 Å². The largest absolute Gasteiger partial charge is 0.487 e. The van der Waals surface area contributed by atoms with Crippen LogP contribution in [-0.2, 0) is 22.4 Å². The van der Waals surface area contributed by atoms with Crippen molar-refractivity contribution in [3.63, 3.8) is 0 Å². The molecular weight excluding hydrogens is 270 g/mol. The predicted molar refractivity (Wildman–Crippen MR) is 78.4 cm³/mol. The first-order valence-corrected chi connectivity index (χ1v) is 7.12. The molecule has 1 aliphatic heterocycles. The Kier molecular flexibility index (Phi) is 4.50. The first-order valence-electron chi connectivity index (χ1n) is 7.12. The maximum atomic E-state index is 10.7.